The van der Waals surface area contributed by atoms with Gasteiger partial charge in [0.05, 0.1) is 18.1 Å². The SMILES string of the molecule is Fc1cnc(N2CCC(Oc3ccc(-c4ccc(-n5cnnn5)cc4F)cc3)CC2)nc1. The van der Waals surface area contributed by atoms with Crippen LogP contribution in [-0.4, -0.2) is 49.4 Å². The number of aromatic nitrogens is 6. The van der Waals surface area contributed by atoms with E-state index in [2.05, 4.69) is 25.5 Å². The molecule has 1 fully saturated rings. The second-order valence-electron chi connectivity index (χ2n) is 7.45. The smallest absolute Gasteiger partial charge is 0.225 e. The van der Waals surface area contributed by atoms with Crippen molar-refractivity contribution in [2.45, 2.75) is 18.9 Å². The first-order chi connectivity index (χ1) is 15.7. The van der Waals surface area contributed by atoms with E-state index in [1.807, 2.05) is 29.2 Å². The molecule has 0 atom stereocenters. The predicted molar refractivity (Wildman–Crippen MR) is 112 cm³/mol. The van der Waals surface area contributed by atoms with Crippen molar-refractivity contribution in [3.05, 3.63) is 72.8 Å². The number of hydrogen-bond donors (Lipinski definition) is 0. The Balaban J connectivity index is 1.21. The second-order valence-corrected chi connectivity index (χ2v) is 7.45. The summed E-state index contributed by atoms with van der Waals surface area (Å²) in [6.45, 7) is 1.46. The van der Waals surface area contributed by atoms with Crippen molar-refractivity contribution in [1.29, 1.82) is 0 Å². The summed E-state index contributed by atoms with van der Waals surface area (Å²) in [6, 6.07) is 12.2. The van der Waals surface area contributed by atoms with Crippen molar-refractivity contribution in [1.82, 2.24) is 30.2 Å². The number of hydrogen-bond acceptors (Lipinski definition) is 7. The summed E-state index contributed by atoms with van der Waals surface area (Å²) in [4.78, 5) is 10.1. The molecule has 0 saturated carbocycles. The van der Waals surface area contributed by atoms with Crippen LogP contribution in [0.1, 0.15) is 12.8 Å². The zero-order valence-corrected chi connectivity index (χ0v) is 17.0. The average molecular weight is 435 g/mol. The number of anilines is 1. The van der Waals surface area contributed by atoms with Gasteiger partial charge in [-0.1, -0.05) is 12.1 Å². The fourth-order valence-electron chi connectivity index (χ4n) is 3.71. The van der Waals surface area contributed by atoms with Gasteiger partial charge in [-0.15, -0.1) is 5.10 Å². The van der Waals surface area contributed by atoms with Gasteiger partial charge in [-0.2, -0.15) is 0 Å². The molecule has 162 valence electrons. The second kappa shape index (κ2) is 8.66. The molecular formula is C22H19F2N7O. The highest BCUT2D eigenvalue weighted by Gasteiger charge is 2.22. The molecule has 0 N–H and O–H groups in total. The lowest BCUT2D eigenvalue weighted by Crippen LogP contribution is -2.39. The summed E-state index contributed by atoms with van der Waals surface area (Å²) in [5.41, 5.74) is 1.79. The summed E-state index contributed by atoms with van der Waals surface area (Å²) >= 11 is 0. The number of benzene rings is 2. The van der Waals surface area contributed by atoms with E-state index in [1.165, 1.54) is 29.5 Å². The molecular weight excluding hydrogens is 416 g/mol. The van der Waals surface area contributed by atoms with Crippen molar-refractivity contribution in [2.24, 2.45) is 0 Å². The first-order valence-electron chi connectivity index (χ1n) is 10.2. The van der Waals surface area contributed by atoms with Crippen LogP contribution in [0.15, 0.2) is 61.2 Å². The highest BCUT2D eigenvalue weighted by Crippen LogP contribution is 2.28. The molecule has 8 nitrogen and oxygen atoms in total. The van der Waals surface area contributed by atoms with Gasteiger partial charge in [0, 0.05) is 37.6 Å². The quantitative estimate of drug-likeness (QED) is 0.475. The first kappa shape index (κ1) is 20.0. The van der Waals surface area contributed by atoms with E-state index in [9.17, 15) is 8.78 Å². The average Bonchev–Trinajstić information content (AvgIpc) is 3.36. The van der Waals surface area contributed by atoms with E-state index >= 15 is 0 Å². The molecule has 2 aromatic carbocycles. The Morgan fingerprint density at radius 2 is 1.69 bits per heavy atom. The highest BCUT2D eigenvalue weighted by molar-refractivity contribution is 5.66. The van der Waals surface area contributed by atoms with E-state index in [-0.39, 0.29) is 11.9 Å². The third kappa shape index (κ3) is 4.25. The molecule has 0 radical (unpaired) electrons. The molecule has 1 aliphatic rings. The Labute approximate surface area is 182 Å². The standard InChI is InChI=1S/C22H19F2N7O/c23-16-12-25-22(26-13-16)30-9-7-19(8-10-30)32-18-4-1-15(2-5-18)20-6-3-17(11-21(20)24)31-14-27-28-29-31/h1-6,11-14,19H,7-10H2. The lowest BCUT2D eigenvalue weighted by atomic mass is 10.0. The molecule has 0 unspecified atom stereocenters. The van der Waals surface area contributed by atoms with Crippen molar-refractivity contribution < 1.29 is 13.5 Å². The van der Waals surface area contributed by atoms with Crippen LogP contribution >= 0.6 is 0 Å². The maximum atomic E-state index is 14.7. The van der Waals surface area contributed by atoms with Crippen molar-refractivity contribution in [3.8, 4) is 22.6 Å². The number of tetrazole rings is 1. The van der Waals surface area contributed by atoms with Crippen LogP contribution in [0.2, 0.25) is 0 Å². The van der Waals surface area contributed by atoms with E-state index < -0.39 is 5.82 Å². The number of halogens is 2. The van der Waals surface area contributed by atoms with Gasteiger partial charge in [0.15, 0.2) is 5.82 Å². The summed E-state index contributed by atoms with van der Waals surface area (Å²) in [7, 11) is 0. The van der Waals surface area contributed by atoms with Gasteiger partial charge in [0.2, 0.25) is 5.95 Å². The van der Waals surface area contributed by atoms with E-state index in [1.54, 1.807) is 12.1 Å². The van der Waals surface area contributed by atoms with Crippen LogP contribution < -0.4 is 9.64 Å². The predicted octanol–water partition coefficient (Wildman–Crippen LogP) is 3.45. The molecule has 4 aromatic rings. The van der Waals surface area contributed by atoms with Gasteiger partial charge in [-0.05, 0) is 40.3 Å². The molecule has 32 heavy (non-hydrogen) atoms. The van der Waals surface area contributed by atoms with Crippen LogP contribution in [0.25, 0.3) is 16.8 Å². The Morgan fingerprint density at radius 3 is 2.34 bits per heavy atom. The molecule has 1 aliphatic heterocycles. The highest BCUT2D eigenvalue weighted by atomic mass is 19.1. The molecule has 0 amide bonds. The van der Waals surface area contributed by atoms with Gasteiger partial charge < -0.3 is 9.64 Å². The fourth-order valence-corrected chi connectivity index (χ4v) is 3.71. The zero-order valence-electron chi connectivity index (χ0n) is 17.0. The summed E-state index contributed by atoms with van der Waals surface area (Å²) in [5.74, 6) is 0.457. The normalized spacial score (nSPS) is 14.5. The van der Waals surface area contributed by atoms with Crippen LogP contribution in [0, 0.1) is 11.6 Å². The molecule has 10 heteroatoms. The zero-order chi connectivity index (χ0) is 21.9. The Hall–Kier alpha value is -3.95. The van der Waals surface area contributed by atoms with Crippen molar-refractivity contribution in [2.75, 3.05) is 18.0 Å². The van der Waals surface area contributed by atoms with E-state index in [0.29, 0.717) is 17.2 Å². The minimum atomic E-state index is -0.446. The molecule has 0 aliphatic carbocycles. The number of piperidine rings is 1. The largest absolute Gasteiger partial charge is 0.490 e. The minimum absolute atomic E-state index is 0.0601. The lowest BCUT2D eigenvalue weighted by Gasteiger charge is -2.32. The first-order valence-corrected chi connectivity index (χ1v) is 10.2. The Kier molecular flexibility index (Phi) is 5.40. The number of rotatable bonds is 5. The Morgan fingerprint density at radius 1 is 0.938 bits per heavy atom. The molecule has 0 bridgehead atoms. The number of nitrogens with zero attached hydrogens (tertiary/aromatic N) is 7. The van der Waals surface area contributed by atoms with Gasteiger partial charge >= 0.3 is 0 Å². The van der Waals surface area contributed by atoms with Crippen LogP contribution in [0.3, 0.4) is 0 Å². The van der Waals surface area contributed by atoms with E-state index in [0.717, 1.165) is 37.2 Å². The fraction of sp³-hybridized carbons (Fsp3) is 0.227. The maximum absolute atomic E-state index is 14.7. The van der Waals surface area contributed by atoms with Gasteiger partial charge in [-0.3, -0.25) is 0 Å². The lowest BCUT2D eigenvalue weighted by molar-refractivity contribution is 0.170. The van der Waals surface area contributed by atoms with Crippen LogP contribution in [0.5, 0.6) is 5.75 Å². The summed E-state index contributed by atoms with van der Waals surface area (Å²) in [5, 5.41) is 10.9. The third-order valence-corrected chi connectivity index (χ3v) is 5.37. The monoisotopic (exact) mass is 435 g/mol. The van der Waals surface area contributed by atoms with Crippen LogP contribution in [0.4, 0.5) is 14.7 Å². The minimum Gasteiger partial charge on any atom is -0.490 e. The van der Waals surface area contributed by atoms with Crippen molar-refractivity contribution >= 4 is 5.95 Å². The summed E-state index contributed by atoms with van der Waals surface area (Å²) < 4.78 is 35.2. The third-order valence-electron chi connectivity index (χ3n) is 5.37. The molecule has 2 aromatic heterocycles. The van der Waals surface area contributed by atoms with Gasteiger partial charge in [-0.25, -0.2) is 23.4 Å². The molecule has 3 heterocycles. The Bertz CT molecular complexity index is 1180. The van der Waals surface area contributed by atoms with Gasteiger partial charge in [0.1, 0.15) is 24.0 Å². The molecule has 1 saturated heterocycles. The van der Waals surface area contributed by atoms with Crippen molar-refractivity contribution in [3.63, 3.8) is 0 Å². The molecule has 0 spiro atoms. The van der Waals surface area contributed by atoms with E-state index in [4.69, 9.17) is 4.74 Å². The molecule has 5 rings (SSSR count). The van der Waals surface area contributed by atoms with Gasteiger partial charge in [0.25, 0.3) is 0 Å². The summed E-state index contributed by atoms with van der Waals surface area (Å²) in [6.07, 6.45) is 5.43. The van der Waals surface area contributed by atoms with Crippen LogP contribution in [-0.2, 0) is 0 Å². The topological polar surface area (TPSA) is 81.9 Å². The maximum Gasteiger partial charge on any atom is 0.225 e. The number of ether oxygens (including phenoxy) is 1.